The van der Waals surface area contributed by atoms with Crippen LogP contribution in [0.15, 0.2) is 18.2 Å². The summed E-state index contributed by atoms with van der Waals surface area (Å²) in [6, 6.07) is 4.65. The Bertz CT molecular complexity index is 477. The number of nitrogens with zero attached hydrogens (tertiary/aromatic N) is 1. The van der Waals surface area contributed by atoms with Crippen LogP contribution in [0.4, 0.5) is 5.69 Å². The van der Waals surface area contributed by atoms with Gasteiger partial charge in [-0.1, -0.05) is 13.0 Å². The molecule has 1 rings (SSSR count). The quantitative estimate of drug-likeness (QED) is 0.424. The number of benzene rings is 1. The lowest BCUT2D eigenvalue weighted by molar-refractivity contribution is -0.385. The number of nitro benzene ring substituents is 1. The molecule has 0 atom stereocenters. The first-order valence-electron chi connectivity index (χ1n) is 6.40. The van der Waals surface area contributed by atoms with Crippen LogP contribution in [-0.4, -0.2) is 31.0 Å². The van der Waals surface area contributed by atoms with Gasteiger partial charge in [-0.05, 0) is 24.6 Å². The Hall–Kier alpha value is -2.15. The lowest BCUT2D eigenvalue weighted by atomic mass is 10.2. The number of carbonyl (C=O) groups is 1. The first kappa shape index (κ1) is 15.9. The molecule has 1 aromatic carbocycles. The van der Waals surface area contributed by atoms with Gasteiger partial charge in [0.2, 0.25) is 0 Å². The second-order valence-corrected chi connectivity index (χ2v) is 4.20. The van der Waals surface area contributed by atoms with Gasteiger partial charge in [-0.3, -0.25) is 14.9 Å². The highest BCUT2D eigenvalue weighted by molar-refractivity contribution is 5.77. The fourth-order valence-electron chi connectivity index (χ4n) is 1.56. The average molecular weight is 281 g/mol. The molecule has 0 fully saturated rings. The van der Waals surface area contributed by atoms with Crippen LogP contribution in [0.5, 0.6) is 5.75 Å². The second-order valence-electron chi connectivity index (χ2n) is 4.20. The fraction of sp³-hybridized carbons (Fsp3) is 0.462. The fourth-order valence-corrected chi connectivity index (χ4v) is 1.56. The van der Waals surface area contributed by atoms with Crippen molar-refractivity contribution in [1.82, 2.24) is 10.6 Å². The van der Waals surface area contributed by atoms with Gasteiger partial charge < -0.3 is 15.4 Å². The van der Waals surface area contributed by atoms with E-state index in [0.29, 0.717) is 6.54 Å². The van der Waals surface area contributed by atoms with E-state index < -0.39 is 4.92 Å². The minimum atomic E-state index is -0.525. The molecule has 0 unspecified atom stereocenters. The number of nitro groups is 1. The van der Waals surface area contributed by atoms with Crippen molar-refractivity contribution in [2.24, 2.45) is 0 Å². The number of rotatable bonds is 8. The molecule has 7 nitrogen and oxygen atoms in total. The van der Waals surface area contributed by atoms with E-state index in [1.807, 2.05) is 0 Å². The van der Waals surface area contributed by atoms with Gasteiger partial charge in [0.1, 0.15) is 0 Å². The van der Waals surface area contributed by atoms with Gasteiger partial charge in [0.25, 0.3) is 5.91 Å². The molecule has 0 saturated heterocycles. The topological polar surface area (TPSA) is 93.5 Å². The maximum atomic E-state index is 11.1. The van der Waals surface area contributed by atoms with E-state index >= 15 is 0 Å². The molecular weight excluding hydrogens is 262 g/mol. The summed E-state index contributed by atoms with van der Waals surface area (Å²) in [4.78, 5) is 21.5. The largest absolute Gasteiger partial charge is 0.477 e. The van der Waals surface area contributed by atoms with E-state index in [2.05, 4.69) is 17.6 Å². The molecule has 20 heavy (non-hydrogen) atoms. The molecule has 0 heterocycles. The minimum Gasteiger partial charge on any atom is -0.477 e. The van der Waals surface area contributed by atoms with Gasteiger partial charge in [-0.15, -0.1) is 0 Å². The lowest BCUT2D eigenvalue weighted by Gasteiger charge is -2.09. The third-order valence-electron chi connectivity index (χ3n) is 2.61. The molecule has 0 bridgehead atoms. The van der Waals surface area contributed by atoms with E-state index in [9.17, 15) is 14.9 Å². The van der Waals surface area contributed by atoms with Gasteiger partial charge in [0.05, 0.1) is 4.92 Å². The van der Waals surface area contributed by atoms with Crippen LogP contribution in [0.2, 0.25) is 0 Å². The van der Waals surface area contributed by atoms with E-state index in [4.69, 9.17) is 4.74 Å². The van der Waals surface area contributed by atoms with Crippen molar-refractivity contribution in [2.45, 2.75) is 19.9 Å². The smallest absolute Gasteiger partial charge is 0.310 e. The van der Waals surface area contributed by atoms with Crippen LogP contribution in [0.3, 0.4) is 0 Å². The van der Waals surface area contributed by atoms with Gasteiger partial charge >= 0.3 is 5.69 Å². The summed E-state index contributed by atoms with van der Waals surface area (Å²) in [6.07, 6.45) is 1.01. The number of hydrogen-bond donors (Lipinski definition) is 2. The highest BCUT2D eigenvalue weighted by Crippen LogP contribution is 2.27. The predicted octanol–water partition coefficient (Wildman–Crippen LogP) is 1.22. The number of likely N-dealkylation sites (N-methyl/N-ethyl adjacent to an activating group) is 1. The maximum Gasteiger partial charge on any atom is 0.310 e. The number of carbonyl (C=O) groups excluding carboxylic acids is 1. The zero-order valence-electron chi connectivity index (χ0n) is 11.6. The maximum absolute atomic E-state index is 11.1. The zero-order valence-corrected chi connectivity index (χ0v) is 11.6. The van der Waals surface area contributed by atoms with Crippen molar-refractivity contribution in [3.63, 3.8) is 0 Å². The third-order valence-corrected chi connectivity index (χ3v) is 2.61. The molecule has 110 valence electrons. The average Bonchev–Trinajstić information content (AvgIpc) is 2.44. The van der Waals surface area contributed by atoms with Crippen LogP contribution in [-0.2, 0) is 11.3 Å². The van der Waals surface area contributed by atoms with Crippen molar-refractivity contribution in [1.29, 1.82) is 0 Å². The highest BCUT2D eigenvalue weighted by atomic mass is 16.6. The van der Waals surface area contributed by atoms with E-state index in [0.717, 1.165) is 18.5 Å². The van der Waals surface area contributed by atoms with Crippen molar-refractivity contribution in [3.05, 3.63) is 33.9 Å². The number of nitrogens with one attached hydrogen (secondary N) is 2. The summed E-state index contributed by atoms with van der Waals surface area (Å²) >= 11 is 0. The summed E-state index contributed by atoms with van der Waals surface area (Å²) in [5.41, 5.74) is 0.726. The predicted molar refractivity (Wildman–Crippen MR) is 74.7 cm³/mol. The summed E-state index contributed by atoms with van der Waals surface area (Å²) in [5.74, 6) is -0.233. The van der Waals surface area contributed by atoms with Crippen LogP contribution in [0.1, 0.15) is 18.9 Å². The molecule has 0 aromatic heterocycles. The molecule has 0 aliphatic rings. The Morgan fingerprint density at radius 2 is 2.20 bits per heavy atom. The molecule has 0 aliphatic heterocycles. The Kier molecular flexibility index (Phi) is 6.45. The van der Waals surface area contributed by atoms with E-state index in [1.165, 1.54) is 13.1 Å². The molecule has 0 spiro atoms. The van der Waals surface area contributed by atoms with Crippen LogP contribution in [0.25, 0.3) is 0 Å². The van der Waals surface area contributed by atoms with Gasteiger partial charge in [0, 0.05) is 19.7 Å². The number of ether oxygens (including phenoxy) is 1. The normalized spacial score (nSPS) is 10.1. The Balaban J connectivity index is 2.82. The van der Waals surface area contributed by atoms with E-state index in [1.54, 1.807) is 12.1 Å². The molecule has 0 aliphatic carbocycles. The summed E-state index contributed by atoms with van der Waals surface area (Å²) in [5, 5.41) is 16.5. The Morgan fingerprint density at radius 3 is 2.80 bits per heavy atom. The molecule has 1 aromatic rings. The standard InChI is InChI=1S/C13H19N3O4/c1-3-6-15-8-10-4-5-11(16(18)19)12(7-10)20-9-13(17)14-2/h4-5,7,15H,3,6,8-9H2,1-2H3,(H,14,17). The lowest BCUT2D eigenvalue weighted by Crippen LogP contribution is -2.25. The Labute approximate surface area is 117 Å². The van der Waals surface area contributed by atoms with Crippen molar-refractivity contribution >= 4 is 11.6 Å². The van der Waals surface area contributed by atoms with Crippen molar-refractivity contribution in [3.8, 4) is 5.75 Å². The third kappa shape index (κ3) is 4.85. The van der Waals surface area contributed by atoms with Crippen LogP contribution >= 0.6 is 0 Å². The van der Waals surface area contributed by atoms with Gasteiger partial charge in [-0.25, -0.2) is 0 Å². The molecule has 7 heteroatoms. The SMILES string of the molecule is CCCNCc1ccc([N+](=O)[O-])c(OCC(=O)NC)c1. The minimum absolute atomic E-state index is 0.106. The zero-order chi connectivity index (χ0) is 15.0. The molecular formula is C13H19N3O4. The first-order valence-corrected chi connectivity index (χ1v) is 6.40. The summed E-state index contributed by atoms with van der Waals surface area (Å²) in [7, 11) is 1.48. The van der Waals surface area contributed by atoms with Gasteiger partial charge in [-0.2, -0.15) is 0 Å². The number of hydrogen-bond acceptors (Lipinski definition) is 5. The van der Waals surface area contributed by atoms with Gasteiger partial charge in [0.15, 0.2) is 12.4 Å². The molecule has 0 saturated carbocycles. The Morgan fingerprint density at radius 1 is 1.45 bits per heavy atom. The molecule has 2 N–H and O–H groups in total. The molecule has 0 radical (unpaired) electrons. The van der Waals surface area contributed by atoms with Crippen molar-refractivity contribution in [2.75, 3.05) is 20.2 Å². The monoisotopic (exact) mass is 281 g/mol. The molecule has 1 amide bonds. The van der Waals surface area contributed by atoms with Crippen LogP contribution < -0.4 is 15.4 Å². The highest BCUT2D eigenvalue weighted by Gasteiger charge is 2.16. The first-order chi connectivity index (χ1) is 9.58. The summed E-state index contributed by atoms with van der Waals surface area (Å²) < 4.78 is 5.22. The van der Waals surface area contributed by atoms with E-state index in [-0.39, 0.29) is 24.0 Å². The van der Waals surface area contributed by atoms with Crippen molar-refractivity contribution < 1.29 is 14.5 Å². The number of amides is 1. The van der Waals surface area contributed by atoms with Crippen LogP contribution in [0, 0.1) is 10.1 Å². The second kappa shape index (κ2) is 8.11. The summed E-state index contributed by atoms with van der Waals surface area (Å²) in [6.45, 7) is 3.28.